The number of para-hydroxylation sites is 1. The molecule has 1 amide bonds. The van der Waals surface area contributed by atoms with E-state index in [9.17, 15) is 14.9 Å². The minimum Gasteiger partial charge on any atom is -0.395 e. The first-order valence-corrected chi connectivity index (χ1v) is 7.50. The lowest BCUT2D eigenvalue weighted by molar-refractivity contribution is -0.402. The number of furan rings is 1. The Morgan fingerprint density at radius 3 is 2.65 bits per heavy atom. The maximum absolute atomic E-state index is 12.0. The highest BCUT2D eigenvalue weighted by atomic mass is 16.6. The van der Waals surface area contributed by atoms with Crippen LogP contribution < -0.4 is 10.2 Å². The van der Waals surface area contributed by atoms with Crippen LogP contribution in [0.2, 0.25) is 0 Å². The van der Waals surface area contributed by atoms with Gasteiger partial charge >= 0.3 is 5.88 Å². The van der Waals surface area contributed by atoms with E-state index in [2.05, 4.69) is 10.2 Å². The van der Waals surface area contributed by atoms with Crippen molar-refractivity contribution >= 4 is 17.5 Å². The zero-order valence-electron chi connectivity index (χ0n) is 12.5. The Morgan fingerprint density at radius 2 is 1.96 bits per heavy atom. The second-order valence-corrected chi connectivity index (χ2v) is 5.40. The van der Waals surface area contributed by atoms with Crippen LogP contribution in [0.4, 0.5) is 11.6 Å². The van der Waals surface area contributed by atoms with Crippen LogP contribution in [0.25, 0.3) is 0 Å². The highest BCUT2D eigenvalue weighted by molar-refractivity contribution is 5.91. The molecule has 23 heavy (non-hydrogen) atoms. The summed E-state index contributed by atoms with van der Waals surface area (Å²) in [6.07, 6.45) is 2.35. The first kappa shape index (κ1) is 15.1. The molecule has 1 fully saturated rings. The number of nitro groups is 1. The summed E-state index contributed by atoms with van der Waals surface area (Å²) in [6, 6.07) is 10.4. The van der Waals surface area contributed by atoms with Gasteiger partial charge in [-0.05, 0) is 30.5 Å². The third-order valence-corrected chi connectivity index (χ3v) is 3.87. The average Bonchev–Trinajstić information content (AvgIpc) is 3.24. The molecule has 0 atom stereocenters. The highest BCUT2D eigenvalue weighted by Gasteiger charge is 2.18. The van der Waals surface area contributed by atoms with Crippen LogP contribution in [0.5, 0.6) is 0 Å². The van der Waals surface area contributed by atoms with Gasteiger partial charge in [-0.2, -0.15) is 0 Å². The van der Waals surface area contributed by atoms with Gasteiger partial charge in [-0.25, -0.2) is 0 Å². The van der Waals surface area contributed by atoms with Crippen molar-refractivity contribution in [2.45, 2.75) is 19.4 Å². The van der Waals surface area contributed by atoms with E-state index in [1.165, 1.54) is 25.0 Å². The molecule has 0 unspecified atom stereocenters. The van der Waals surface area contributed by atoms with Crippen molar-refractivity contribution in [2.24, 2.45) is 0 Å². The van der Waals surface area contributed by atoms with Gasteiger partial charge in [0.15, 0.2) is 5.76 Å². The number of hydrogen-bond donors (Lipinski definition) is 1. The molecule has 7 heteroatoms. The molecule has 1 aromatic heterocycles. The Morgan fingerprint density at radius 1 is 1.22 bits per heavy atom. The molecule has 0 saturated carbocycles. The zero-order valence-corrected chi connectivity index (χ0v) is 12.5. The van der Waals surface area contributed by atoms with Crippen molar-refractivity contribution in [3.8, 4) is 0 Å². The lowest BCUT2D eigenvalue weighted by Crippen LogP contribution is -2.25. The van der Waals surface area contributed by atoms with E-state index in [1.54, 1.807) is 0 Å². The third-order valence-electron chi connectivity index (χ3n) is 3.87. The van der Waals surface area contributed by atoms with Gasteiger partial charge < -0.3 is 14.6 Å². The molecule has 0 bridgehead atoms. The van der Waals surface area contributed by atoms with Crippen LogP contribution in [0.1, 0.15) is 29.0 Å². The molecule has 1 aliphatic rings. The van der Waals surface area contributed by atoms with Gasteiger partial charge in [-0.3, -0.25) is 14.9 Å². The monoisotopic (exact) mass is 315 g/mol. The number of nitrogens with zero attached hydrogens (tertiary/aromatic N) is 2. The van der Waals surface area contributed by atoms with Crippen LogP contribution in [-0.2, 0) is 6.54 Å². The summed E-state index contributed by atoms with van der Waals surface area (Å²) in [7, 11) is 0. The molecule has 1 N–H and O–H groups in total. The number of hydrogen-bond acceptors (Lipinski definition) is 5. The first-order valence-electron chi connectivity index (χ1n) is 7.50. The van der Waals surface area contributed by atoms with Crippen molar-refractivity contribution < 1.29 is 14.1 Å². The van der Waals surface area contributed by atoms with E-state index in [4.69, 9.17) is 4.42 Å². The average molecular weight is 315 g/mol. The molecule has 3 rings (SSSR count). The number of amides is 1. The standard InChI is InChI=1S/C16H17N3O4/c20-16(14-7-8-15(23-14)19(21)22)17-11-12-5-1-2-6-13(12)18-9-3-4-10-18/h1-2,5-8H,3-4,9-11H2,(H,17,20). The maximum Gasteiger partial charge on any atom is 0.433 e. The van der Waals surface area contributed by atoms with E-state index in [-0.39, 0.29) is 5.76 Å². The smallest absolute Gasteiger partial charge is 0.395 e. The largest absolute Gasteiger partial charge is 0.433 e. The molecule has 120 valence electrons. The summed E-state index contributed by atoms with van der Waals surface area (Å²) in [5, 5.41) is 13.3. The second-order valence-electron chi connectivity index (χ2n) is 5.40. The van der Waals surface area contributed by atoms with Gasteiger partial charge in [0.25, 0.3) is 5.91 Å². The van der Waals surface area contributed by atoms with Crippen LogP contribution in [0.3, 0.4) is 0 Å². The number of carbonyl (C=O) groups excluding carboxylic acids is 1. The SMILES string of the molecule is O=C(NCc1ccccc1N1CCCC1)c1ccc([N+](=O)[O-])o1. The van der Waals surface area contributed by atoms with Crippen LogP contribution in [0.15, 0.2) is 40.8 Å². The molecular formula is C16H17N3O4. The summed E-state index contributed by atoms with van der Waals surface area (Å²) >= 11 is 0. The molecule has 2 heterocycles. The molecule has 1 saturated heterocycles. The van der Waals surface area contributed by atoms with Gasteiger partial charge in [-0.15, -0.1) is 0 Å². The van der Waals surface area contributed by atoms with E-state index >= 15 is 0 Å². The lowest BCUT2D eigenvalue weighted by Gasteiger charge is -2.21. The van der Waals surface area contributed by atoms with Crippen LogP contribution in [0, 0.1) is 10.1 Å². The highest BCUT2D eigenvalue weighted by Crippen LogP contribution is 2.24. The van der Waals surface area contributed by atoms with Crippen LogP contribution >= 0.6 is 0 Å². The minimum atomic E-state index is -0.667. The Kier molecular flexibility index (Phi) is 4.27. The van der Waals surface area contributed by atoms with Gasteiger partial charge in [-0.1, -0.05) is 18.2 Å². The number of anilines is 1. The topological polar surface area (TPSA) is 88.6 Å². The second kappa shape index (κ2) is 6.51. The molecule has 0 radical (unpaired) electrons. The molecule has 1 aromatic carbocycles. The van der Waals surface area contributed by atoms with E-state index in [1.807, 2.05) is 24.3 Å². The van der Waals surface area contributed by atoms with Gasteiger partial charge in [0, 0.05) is 25.3 Å². The van der Waals surface area contributed by atoms with Gasteiger partial charge in [0.1, 0.15) is 4.92 Å². The molecule has 1 aliphatic heterocycles. The summed E-state index contributed by atoms with van der Waals surface area (Å²) in [5.74, 6) is -0.961. The fourth-order valence-corrected chi connectivity index (χ4v) is 2.74. The molecule has 0 spiro atoms. The quantitative estimate of drug-likeness (QED) is 0.677. The summed E-state index contributed by atoms with van der Waals surface area (Å²) < 4.78 is 4.90. The summed E-state index contributed by atoms with van der Waals surface area (Å²) in [6.45, 7) is 2.39. The minimum absolute atomic E-state index is 0.0599. The van der Waals surface area contributed by atoms with Crippen molar-refractivity contribution in [3.63, 3.8) is 0 Å². The van der Waals surface area contributed by atoms with Gasteiger partial charge in [0.05, 0.1) is 6.07 Å². The number of carbonyl (C=O) groups is 1. The van der Waals surface area contributed by atoms with Gasteiger partial charge in [0.2, 0.25) is 0 Å². The van der Waals surface area contributed by atoms with Crippen LogP contribution in [-0.4, -0.2) is 23.9 Å². The zero-order chi connectivity index (χ0) is 16.2. The predicted molar refractivity (Wildman–Crippen MR) is 84.4 cm³/mol. The lowest BCUT2D eigenvalue weighted by atomic mass is 10.1. The molecule has 0 aliphatic carbocycles. The Labute approximate surface area is 133 Å². The number of rotatable bonds is 5. The van der Waals surface area contributed by atoms with E-state index < -0.39 is 16.7 Å². The van der Waals surface area contributed by atoms with Crippen molar-refractivity contribution in [3.05, 3.63) is 57.8 Å². The molecule has 7 nitrogen and oxygen atoms in total. The predicted octanol–water partition coefficient (Wildman–Crippen LogP) is 2.72. The Hall–Kier alpha value is -2.83. The number of nitrogens with one attached hydrogen (secondary N) is 1. The maximum atomic E-state index is 12.0. The fraction of sp³-hybridized carbons (Fsp3) is 0.312. The van der Waals surface area contributed by atoms with E-state index in [0.717, 1.165) is 24.3 Å². The van der Waals surface area contributed by atoms with E-state index in [0.29, 0.717) is 6.54 Å². The summed E-state index contributed by atoms with van der Waals surface area (Å²) in [4.78, 5) is 24.3. The normalized spacial score (nSPS) is 14.0. The first-order chi connectivity index (χ1) is 11.1. The summed E-state index contributed by atoms with van der Waals surface area (Å²) in [5.41, 5.74) is 2.14. The fourth-order valence-electron chi connectivity index (χ4n) is 2.74. The Bertz CT molecular complexity index is 720. The van der Waals surface area contributed by atoms with Crippen molar-refractivity contribution in [1.82, 2.24) is 5.32 Å². The number of benzene rings is 1. The molecular weight excluding hydrogens is 298 g/mol. The Balaban J connectivity index is 1.68. The van der Waals surface area contributed by atoms with Crippen molar-refractivity contribution in [2.75, 3.05) is 18.0 Å². The third kappa shape index (κ3) is 3.33. The molecule has 2 aromatic rings. The van der Waals surface area contributed by atoms with Crippen molar-refractivity contribution in [1.29, 1.82) is 0 Å².